The fraction of sp³-hybridized carbons (Fsp3) is 0.625. The van der Waals surface area contributed by atoms with E-state index in [1.165, 1.54) is 25.7 Å². The van der Waals surface area contributed by atoms with E-state index in [9.17, 15) is 5.11 Å². The highest BCUT2D eigenvalue weighted by molar-refractivity contribution is 5.41. The Labute approximate surface area is 116 Å². The van der Waals surface area contributed by atoms with Crippen LogP contribution in [0.4, 0.5) is 0 Å². The van der Waals surface area contributed by atoms with E-state index in [4.69, 9.17) is 9.47 Å². The quantitative estimate of drug-likeness (QED) is 0.684. The number of ether oxygens (including phenoxy) is 2. The Kier molecular flexibility index (Phi) is 7.34. The number of aliphatic hydroxyl groups excluding tert-OH is 1. The van der Waals surface area contributed by atoms with Crippen LogP contribution in [0, 0.1) is 0 Å². The minimum atomic E-state index is -0.456. The maximum absolute atomic E-state index is 10.2. The number of hydrogen-bond acceptors (Lipinski definition) is 3. The van der Waals surface area contributed by atoms with Crippen LogP contribution in [-0.4, -0.2) is 19.3 Å². The monoisotopic (exact) mass is 266 g/mol. The number of unbranched alkanes of at least 4 members (excludes halogenated alkanes) is 4. The fourth-order valence-corrected chi connectivity index (χ4v) is 2.19. The molecule has 0 spiro atoms. The predicted octanol–water partition coefficient (Wildman–Crippen LogP) is 4.10. The van der Waals surface area contributed by atoms with Gasteiger partial charge in [0.15, 0.2) is 0 Å². The maximum Gasteiger partial charge on any atom is 0.128 e. The van der Waals surface area contributed by atoms with Crippen molar-refractivity contribution < 1.29 is 14.6 Å². The molecule has 0 fully saturated rings. The van der Waals surface area contributed by atoms with Crippen LogP contribution in [0.3, 0.4) is 0 Å². The Bertz CT molecular complexity index is 363. The Balaban J connectivity index is 2.53. The van der Waals surface area contributed by atoms with Gasteiger partial charge in [-0.05, 0) is 18.6 Å². The van der Waals surface area contributed by atoms with Gasteiger partial charge >= 0.3 is 0 Å². The molecule has 19 heavy (non-hydrogen) atoms. The third-order valence-electron chi connectivity index (χ3n) is 3.38. The molecule has 1 rings (SSSR count). The van der Waals surface area contributed by atoms with Crippen LogP contribution in [0.25, 0.3) is 0 Å². The van der Waals surface area contributed by atoms with E-state index in [0.29, 0.717) is 5.75 Å². The van der Waals surface area contributed by atoms with Crippen LogP contribution >= 0.6 is 0 Å². The van der Waals surface area contributed by atoms with Crippen LogP contribution in [0.1, 0.15) is 57.1 Å². The van der Waals surface area contributed by atoms with Crippen molar-refractivity contribution in [3.05, 3.63) is 23.8 Å². The SMILES string of the molecule is CCCCCCCC(O)c1ccc(OC)cc1OC. The first-order valence-electron chi connectivity index (χ1n) is 7.13. The minimum Gasteiger partial charge on any atom is -0.497 e. The summed E-state index contributed by atoms with van der Waals surface area (Å²) in [7, 11) is 3.24. The lowest BCUT2D eigenvalue weighted by atomic mass is 10.0. The van der Waals surface area contributed by atoms with E-state index in [-0.39, 0.29) is 0 Å². The van der Waals surface area contributed by atoms with E-state index < -0.39 is 6.10 Å². The summed E-state index contributed by atoms with van der Waals surface area (Å²) in [5, 5.41) is 10.2. The Hall–Kier alpha value is -1.22. The van der Waals surface area contributed by atoms with Gasteiger partial charge in [0.25, 0.3) is 0 Å². The Morgan fingerprint density at radius 2 is 1.79 bits per heavy atom. The lowest BCUT2D eigenvalue weighted by Crippen LogP contribution is -2.01. The molecule has 0 aliphatic carbocycles. The molecule has 0 aliphatic heterocycles. The molecule has 0 aliphatic rings. The van der Waals surface area contributed by atoms with Gasteiger partial charge in [-0.2, -0.15) is 0 Å². The lowest BCUT2D eigenvalue weighted by molar-refractivity contribution is 0.159. The number of benzene rings is 1. The molecular formula is C16H26O3. The molecule has 3 nitrogen and oxygen atoms in total. The number of methoxy groups -OCH3 is 2. The summed E-state index contributed by atoms with van der Waals surface area (Å²) in [6, 6.07) is 5.56. The summed E-state index contributed by atoms with van der Waals surface area (Å²) < 4.78 is 10.5. The molecule has 0 amide bonds. The van der Waals surface area contributed by atoms with Gasteiger partial charge in [0.1, 0.15) is 11.5 Å². The molecule has 108 valence electrons. The molecule has 0 saturated heterocycles. The summed E-state index contributed by atoms with van der Waals surface area (Å²) in [6.07, 6.45) is 6.34. The Morgan fingerprint density at radius 1 is 1.05 bits per heavy atom. The van der Waals surface area contributed by atoms with Crippen molar-refractivity contribution in [2.24, 2.45) is 0 Å². The van der Waals surface area contributed by atoms with Gasteiger partial charge in [-0.25, -0.2) is 0 Å². The molecule has 0 radical (unpaired) electrons. The first kappa shape index (κ1) is 15.8. The lowest BCUT2D eigenvalue weighted by Gasteiger charge is -2.15. The molecule has 1 atom stereocenters. The van der Waals surface area contributed by atoms with Crippen molar-refractivity contribution in [2.75, 3.05) is 14.2 Å². The van der Waals surface area contributed by atoms with Gasteiger partial charge in [-0.3, -0.25) is 0 Å². The van der Waals surface area contributed by atoms with Gasteiger partial charge in [0.2, 0.25) is 0 Å². The second-order valence-corrected chi connectivity index (χ2v) is 4.83. The second kappa shape index (κ2) is 8.81. The zero-order valence-electron chi connectivity index (χ0n) is 12.3. The molecular weight excluding hydrogens is 240 g/mol. The molecule has 1 unspecified atom stereocenters. The molecule has 0 heterocycles. The van der Waals surface area contributed by atoms with E-state index in [1.807, 2.05) is 18.2 Å². The smallest absolute Gasteiger partial charge is 0.128 e. The average Bonchev–Trinajstić information content (AvgIpc) is 2.46. The highest BCUT2D eigenvalue weighted by atomic mass is 16.5. The molecule has 0 aromatic heterocycles. The summed E-state index contributed by atoms with van der Waals surface area (Å²) in [6.45, 7) is 2.21. The summed E-state index contributed by atoms with van der Waals surface area (Å²) in [5.74, 6) is 1.44. The zero-order chi connectivity index (χ0) is 14.1. The molecule has 0 bridgehead atoms. The van der Waals surface area contributed by atoms with Crippen molar-refractivity contribution in [3.63, 3.8) is 0 Å². The highest BCUT2D eigenvalue weighted by Crippen LogP contribution is 2.31. The fourth-order valence-electron chi connectivity index (χ4n) is 2.19. The van der Waals surface area contributed by atoms with Crippen molar-refractivity contribution >= 4 is 0 Å². The highest BCUT2D eigenvalue weighted by Gasteiger charge is 2.13. The van der Waals surface area contributed by atoms with Crippen molar-refractivity contribution in [1.29, 1.82) is 0 Å². The van der Waals surface area contributed by atoms with E-state index in [0.717, 1.165) is 24.2 Å². The standard InChI is InChI=1S/C16H26O3/c1-4-5-6-7-8-9-15(17)14-11-10-13(18-2)12-16(14)19-3/h10-12,15,17H,4-9H2,1-3H3. The summed E-state index contributed by atoms with van der Waals surface area (Å²) in [5.41, 5.74) is 0.846. The van der Waals surface area contributed by atoms with E-state index >= 15 is 0 Å². The van der Waals surface area contributed by atoms with Gasteiger partial charge in [-0.15, -0.1) is 0 Å². The first-order valence-corrected chi connectivity index (χ1v) is 7.13. The first-order chi connectivity index (χ1) is 9.22. The number of aliphatic hydroxyl groups is 1. The molecule has 1 aromatic rings. The third-order valence-corrected chi connectivity index (χ3v) is 3.38. The van der Waals surface area contributed by atoms with Crippen molar-refractivity contribution in [1.82, 2.24) is 0 Å². The molecule has 3 heteroatoms. The van der Waals surface area contributed by atoms with Gasteiger partial charge in [-0.1, -0.05) is 39.0 Å². The molecule has 0 saturated carbocycles. The average molecular weight is 266 g/mol. The topological polar surface area (TPSA) is 38.7 Å². The van der Waals surface area contributed by atoms with Crippen LogP contribution in [0.5, 0.6) is 11.5 Å². The van der Waals surface area contributed by atoms with Crippen LogP contribution in [0.15, 0.2) is 18.2 Å². The summed E-state index contributed by atoms with van der Waals surface area (Å²) in [4.78, 5) is 0. The predicted molar refractivity (Wildman–Crippen MR) is 77.9 cm³/mol. The second-order valence-electron chi connectivity index (χ2n) is 4.83. The third kappa shape index (κ3) is 5.11. The van der Waals surface area contributed by atoms with Crippen LogP contribution in [0.2, 0.25) is 0 Å². The van der Waals surface area contributed by atoms with Crippen LogP contribution in [-0.2, 0) is 0 Å². The minimum absolute atomic E-state index is 0.456. The Morgan fingerprint density at radius 3 is 2.42 bits per heavy atom. The zero-order valence-corrected chi connectivity index (χ0v) is 12.3. The van der Waals surface area contributed by atoms with Gasteiger partial charge in [0, 0.05) is 11.6 Å². The maximum atomic E-state index is 10.2. The number of hydrogen-bond donors (Lipinski definition) is 1. The van der Waals surface area contributed by atoms with E-state index in [1.54, 1.807) is 14.2 Å². The van der Waals surface area contributed by atoms with Crippen LogP contribution < -0.4 is 9.47 Å². The van der Waals surface area contributed by atoms with Crippen molar-refractivity contribution in [2.45, 2.75) is 51.6 Å². The van der Waals surface area contributed by atoms with Crippen molar-refractivity contribution in [3.8, 4) is 11.5 Å². The number of rotatable bonds is 9. The normalized spacial score (nSPS) is 12.2. The van der Waals surface area contributed by atoms with E-state index in [2.05, 4.69) is 6.92 Å². The largest absolute Gasteiger partial charge is 0.497 e. The van der Waals surface area contributed by atoms with Gasteiger partial charge in [0.05, 0.1) is 20.3 Å². The van der Waals surface area contributed by atoms with Gasteiger partial charge < -0.3 is 14.6 Å². The summed E-state index contributed by atoms with van der Waals surface area (Å²) >= 11 is 0. The molecule has 1 N–H and O–H groups in total. The molecule has 1 aromatic carbocycles.